The first-order valence-corrected chi connectivity index (χ1v) is 9.64. The minimum Gasteiger partial charge on any atom is -0.406 e. The molecule has 22 heavy (non-hydrogen) atoms. The lowest BCUT2D eigenvalue weighted by Crippen LogP contribution is -2.60. The van der Waals surface area contributed by atoms with E-state index in [-0.39, 0.29) is 5.04 Å². The summed E-state index contributed by atoms with van der Waals surface area (Å²) in [6, 6.07) is 10.6. The summed E-state index contributed by atoms with van der Waals surface area (Å²) in [4.78, 5) is 0. The van der Waals surface area contributed by atoms with Crippen LogP contribution in [0.2, 0.25) is 5.04 Å². The summed E-state index contributed by atoms with van der Waals surface area (Å²) in [6.07, 6.45) is 5.82. The number of nitrogens with one attached hydrogen (secondary N) is 1. The molecule has 0 fully saturated rings. The third-order valence-electron chi connectivity index (χ3n) is 3.83. The molecule has 1 aromatic carbocycles. The maximum Gasteiger partial charge on any atom is 0.261 e. The number of rotatable bonds is 8. The van der Waals surface area contributed by atoms with Crippen LogP contribution < -0.4 is 10.5 Å². The fraction of sp³-hybridized carbons (Fsp3) is 0.368. The van der Waals surface area contributed by atoms with Gasteiger partial charge in [0, 0.05) is 13.2 Å². The molecule has 0 aromatic heterocycles. The van der Waals surface area contributed by atoms with Crippen molar-refractivity contribution in [1.29, 1.82) is 0 Å². The largest absolute Gasteiger partial charge is 0.406 e. The van der Waals surface area contributed by atoms with E-state index in [1.54, 1.807) is 0 Å². The van der Waals surface area contributed by atoms with Crippen LogP contribution >= 0.6 is 0 Å². The molecule has 1 N–H and O–H groups in total. The second kappa shape index (κ2) is 8.27. The predicted octanol–water partition coefficient (Wildman–Crippen LogP) is 3.71. The van der Waals surface area contributed by atoms with E-state index in [1.807, 2.05) is 25.3 Å². The van der Waals surface area contributed by atoms with E-state index in [1.165, 1.54) is 5.19 Å². The monoisotopic (exact) mass is 315 g/mol. The molecule has 0 radical (unpaired) electrons. The summed E-state index contributed by atoms with van der Waals surface area (Å²) in [5, 5.41) is 5.59. The van der Waals surface area contributed by atoms with E-state index in [4.69, 9.17) is 4.43 Å². The Morgan fingerprint density at radius 3 is 2.32 bits per heavy atom. The van der Waals surface area contributed by atoms with Crippen LogP contribution in [0.5, 0.6) is 0 Å². The van der Waals surface area contributed by atoms with Crippen molar-refractivity contribution < 1.29 is 4.43 Å². The Balaban J connectivity index is 3.53. The summed E-state index contributed by atoms with van der Waals surface area (Å²) in [6.45, 7) is 16.2. The van der Waals surface area contributed by atoms with Crippen LogP contribution in [0, 0.1) is 0 Å². The number of benzene rings is 1. The number of allylic oxidation sites excluding steroid dienone is 4. The van der Waals surface area contributed by atoms with Gasteiger partial charge in [0.2, 0.25) is 0 Å². The molecule has 120 valence electrons. The molecule has 1 unspecified atom stereocenters. The molecule has 1 atom stereocenters. The van der Waals surface area contributed by atoms with Crippen LogP contribution in [0.1, 0.15) is 20.8 Å². The summed E-state index contributed by atoms with van der Waals surface area (Å²) >= 11 is 0. The van der Waals surface area contributed by atoms with Crippen molar-refractivity contribution in [2.75, 3.05) is 20.2 Å². The quantitative estimate of drug-likeness (QED) is 0.448. The van der Waals surface area contributed by atoms with Crippen molar-refractivity contribution in [2.24, 2.45) is 0 Å². The first-order valence-electron chi connectivity index (χ1n) is 7.73. The molecule has 1 aromatic rings. The van der Waals surface area contributed by atoms with Gasteiger partial charge in [-0.15, -0.1) is 0 Å². The van der Waals surface area contributed by atoms with Gasteiger partial charge in [0.1, 0.15) is 0 Å². The summed E-state index contributed by atoms with van der Waals surface area (Å²) in [5.74, 6) is 0. The maximum atomic E-state index is 6.62. The molecule has 1 rings (SSSR count). The molecule has 0 aliphatic heterocycles. The zero-order valence-electron chi connectivity index (χ0n) is 14.4. The smallest absolute Gasteiger partial charge is 0.261 e. The van der Waals surface area contributed by atoms with E-state index < -0.39 is 8.32 Å². The van der Waals surface area contributed by atoms with Gasteiger partial charge in [-0.25, -0.2) is 0 Å². The Hall–Kier alpha value is -1.42. The SMILES string of the molecule is C=CC=C(C=C)[Si](OCCNC)(c1ccccc1)C(C)(C)C. The van der Waals surface area contributed by atoms with Crippen LogP contribution in [0.4, 0.5) is 0 Å². The van der Waals surface area contributed by atoms with Gasteiger partial charge in [-0.05, 0) is 22.5 Å². The van der Waals surface area contributed by atoms with Gasteiger partial charge in [-0.1, -0.05) is 82.5 Å². The van der Waals surface area contributed by atoms with Gasteiger partial charge in [0.25, 0.3) is 8.32 Å². The van der Waals surface area contributed by atoms with E-state index >= 15 is 0 Å². The normalized spacial score (nSPS) is 15.2. The molecule has 2 nitrogen and oxygen atoms in total. The van der Waals surface area contributed by atoms with E-state index in [0.29, 0.717) is 6.61 Å². The highest BCUT2D eigenvalue weighted by atomic mass is 28.4. The van der Waals surface area contributed by atoms with Crippen molar-refractivity contribution in [3.63, 3.8) is 0 Å². The highest BCUT2D eigenvalue weighted by molar-refractivity contribution is 6.95. The first kappa shape index (κ1) is 18.6. The van der Waals surface area contributed by atoms with Crippen molar-refractivity contribution >= 4 is 13.5 Å². The molecule has 0 bridgehead atoms. The second-order valence-electron chi connectivity index (χ2n) is 6.31. The first-order chi connectivity index (χ1) is 10.4. The Kier molecular flexibility index (Phi) is 7.00. The van der Waals surface area contributed by atoms with Gasteiger partial charge in [0.15, 0.2) is 0 Å². The molecule has 0 saturated carbocycles. The summed E-state index contributed by atoms with van der Waals surface area (Å²) in [5.41, 5.74) is 0. The van der Waals surface area contributed by atoms with Crippen LogP contribution in [0.3, 0.4) is 0 Å². The molecular weight excluding hydrogens is 286 g/mol. The average molecular weight is 316 g/mol. The zero-order chi connectivity index (χ0) is 16.6. The Bertz CT molecular complexity index is 516. The van der Waals surface area contributed by atoms with Gasteiger partial charge in [-0.2, -0.15) is 0 Å². The Morgan fingerprint density at radius 1 is 1.23 bits per heavy atom. The molecule has 0 saturated heterocycles. The third kappa shape index (κ3) is 3.86. The summed E-state index contributed by atoms with van der Waals surface area (Å²) in [7, 11) is -0.484. The van der Waals surface area contributed by atoms with Crippen molar-refractivity contribution in [3.8, 4) is 0 Å². The molecule has 0 aliphatic rings. The van der Waals surface area contributed by atoms with E-state index in [0.717, 1.165) is 11.7 Å². The average Bonchev–Trinajstić information content (AvgIpc) is 2.49. The fourth-order valence-corrected chi connectivity index (χ4v) is 7.39. The lowest BCUT2D eigenvalue weighted by Gasteiger charge is -2.43. The standard InChI is InChI=1S/C19H29NOSi/c1-7-12-17(8-2)22(19(3,4)5,21-16-15-20-6)18-13-10-9-11-14-18/h7-14,20H,1-2,15-16H2,3-6H3. The molecule has 0 spiro atoms. The van der Waals surface area contributed by atoms with Gasteiger partial charge in [0.05, 0.1) is 0 Å². The molecule has 3 heteroatoms. The van der Waals surface area contributed by atoms with E-state index in [9.17, 15) is 0 Å². The van der Waals surface area contributed by atoms with Crippen molar-refractivity contribution in [3.05, 3.63) is 66.9 Å². The number of likely N-dealkylation sites (N-methyl/N-ethyl adjacent to an activating group) is 1. The number of hydrogen-bond acceptors (Lipinski definition) is 2. The van der Waals surface area contributed by atoms with Gasteiger partial charge >= 0.3 is 0 Å². The highest BCUT2D eigenvalue weighted by Gasteiger charge is 2.50. The van der Waals surface area contributed by atoms with E-state index in [2.05, 4.69) is 69.6 Å². The van der Waals surface area contributed by atoms with Crippen molar-refractivity contribution in [1.82, 2.24) is 5.32 Å². The van der Waals surface area contributed by atoms with Crippen LogP contribution in [0.15, 0.2) is 66.9 Å². The van der Waals surface area contributed by atoms with Crippen molar-refractivity contribution in [2.45, 2.75) is 25.8 Å². The molecule has 0 amide bonds. The van der Waals surface area contributed by atoms with Crippen LogP contribution in [-0.2, 0) is 4.43 Å². The van der Waals surface area contributed by atoms with Crippen LogP contribution in [0.25, 0.3) is 0 Å². The lowest BCUT2D eigenvalue weighted by molar-refractivity contribution is 0.296. The molecule has 0 aliphatic carbocycles. The van der Waals surface area contributed by atoms with Crippen LogP contribution in [-0.4, -0.2) is 28.5 Å². The summed E-state index contributed by atoms with van der Waals surface area (Å²) < 4.78 is 6.62. The maximum absolute atomic E-state index is 6.62. The minimum absolute atomic E-state index is 0.00880. The number of hydrogen-bond donors (Lipinski definition) is 1. The van der Waals surface area contributed by atoms with Gasteiger partial charge < -0.3 is 9.74 Å². The molecule has 0 heterocycles. The molecular formula is C19H29NOSi. The lowest BCUT2D eigenvalue weighted by atomic mass is 10.2. The fourth-order valence-electron chi connectivity index (χ4n) is 2.85. The Morgan fingerprint density at radius 2 is 1.86 bits per heavy atom. The third-order valence-corrected chi connectivity index (χ3v) is 8.91. The van der Waals surface area contributed by atoms with Gasteiger partial charge in [-0.3, -0.25) is 0 Å². The predicted molar refractivity (Wildman–Crippen MR) is 99.9 cm³/mol. The zero-order valence-corrected chi connectivity index (χ0v) is 15.4. The topological polar surface area (TPSA) is 21.3 Å². The minimum atomic E-state index is -2.43. The second-order valence-corrected chi connectivity index (χ2v) is 10.6. The highest BCUT2D eigenvalue weighted by Crippen LogP contribution is 2.41. The Labute approximate surface area is 136 Å².